The molecule has 0 unspecified atom stereocenters. The van der Waals surface area contributed by atoms with Crippen molar-refractivity contribution >= 4 is 34.6 Å². The third-order valence-electron chi connectivity index (χ3n) is 3.87. The highest BCUT2D eigenvalue weighted by molar-refractivity contribution is 7.80. The molecule has 1 aliphatic heterocycles. The number of hydrogen-bond acceptors (Lipinski definition) is 2. The topological polar surface area (TPSA) is 44.4 Å². The smallest absolute Gasteiger partial charge is 0.221 e. The quantitative estimate of drug-likeness (QED) is 0.831. The van der Waals surface area contributed by atoms with Gasteiger partial charge < -0.3 is 15.5 Å². The number of benzene rings is 2. The molecule has 1 amide bonds. The Morgan fingerprint density at radius 2 is 1.61 bits per heavy atom. The van der Waals surface area contributed by atoms with E-state index in [4.69, 9.17) is 12.2 Å². The van der Waals surface area contributed by atoms with Gasteiger partial charge in [0.05, 0.1) is 0 Å². The van der Waals surface area contributed by atoms with Gasteiger partial charge in [-0.15, -0.1) is 0 Å². The van der Waals surface area contributed by atoms with Gasteiger partial charge in [-0.3, -0.25) is 4.79 Å². The standard InChI is InChI=1S/C18H19N3OS/c1-13(22)19-16-6-8-17(9-7-16)20-18(23)21-11-10-14-4-2-3-5-15(14)12-21/h2-9H,10-12H2,1H3,(H,19,22)(H,20,23). The first-order valence-electron chi connectivity index (χ1n) is 7.62. The van der Waals surface area contributed by atoms with Crippen molar-refractivity contribution in [2.24, 2.45) is 0 Å². The minimum atomic E-state index is -0.0757. The molecule has 1 aliphatic rings. The zero-order valence-corrected chi connectivity index (χ0v) is 13.8. The molecule has 2 N–H and O–H groups in total. The maximum atomic E-state index is 11.0. The molecule has 118 valence electrons. The summed E-state index contributed by atoms with van der Waals surface area (Å²) in [6, 6.07) is 16.0. The highest BCUT2D eigenvalue weighted by Crippen LogP contribution is 2.20. The third kappa shape index (κ3) is 3.87. The lowest BCUT2D eigenvalue weighted by Crippen LogP contribution is -2.38. The molecule has 2 aromatic rings. The molecule has 0 fully saturated rings. The van der Waals surface area contributed by atoms with Crippen molar-refractivity contribution in [3.8, 4) is 0 Å². The number of hydrogen-bond donors (Lipinski definition) is 2. The van der Waals surface area contributed by atoms with Gasteiger partial charge in [-0.1, -0.05) is 24.3 Å². The SMILES string of the molecule is CC(=O)Nc1ccc(NC(=S)N2CCc3ccccc3C2)cc1. The Labute approximate surface area is 141 Å². The summed E-state index contributed by atoms with van der Waals surface area (Å²) in [5.41, 5.74) is 4.44. The van der Waals surface area contributed by atoms with Gasteiger partial charge in [0.25, 0.3) is 0 Å². The molecule has 2 aromatic carbocycles. The van der Waals surface area contributed by atoms with Crippen LogP contribution in [-0.2, 0) is 17.8 Å². The van der Waals surface area contributed by atoms with Gasteiger partial charge in [-0.25, -0.2) is 0 Å². The van der Waals surface area contributed by atoms with Crippen LogP contribution in [0.4, 0.5) is 11.4 Å². The lowest BCUT2D eigenvalue weighted by molar-refractivity contribution is -0.114. The van der Waals surface area contributed by atoms with Crippen molar-refractivity contribution in [2.75, 3.05) is 17.2 Å². The Hall–Kier alpha value is -2.40. The van der Waals surface area contributed by atoms with Crippen molar-refractivity contribution < 1.29 is 4.79 Å². The van der Waals surface area contributed by atoms with Crippen LogP contribution >= 0.6 is 12.2 Å². The minimum absolute atomic E-state index is 0.0757. The average molecular weight is 325 g/mol. The molecule has 4 nitrogen and oxygen atoms in total. The molecule has 0 bridgehead atoms. The highest BCUT2D eigenvalue weighted by Gasteiger charge is 2.17. The fourth-order valence-electron chi connectivity index (χ4n) is 2.71. The first-order valence-corrected chi connectivity index (χ1v) is 8.03. The van der Waals surface area contributed by atoms with E-state index in [1.807, 2.05) is 24.3 Å². The maximum Gasteiger partial charge on any atom is 0.221 e. The Morgan fingerprint density at radius 1 is 1.00 bits per heavy atom. The Balaban J connectivity index is 1.62. The largest absolute Gasteiger partial charge is 0.344 e. The van der Waals surface area contributed by atoms with Crippen molar-refractivity contribution in [1.29, 1.82) is 0 Å². The molecule has 23 heavy (non-hydrogen) atoms. The monoisotopic (exact) mass is 325 g/mol. The molecule has 0 saturated carbocycles. The summed E-state index contributed by atoms with van der Waals surface area (Å²) >= 11 is 5.53. The number of rotatable bonds is 2. The first kappa shape index (κ1) is 15.5. The lowest BCUT2D eigenvalue weighted by Gasteiger charge is -2.31. The van der Waals surface area contributed by atoms with Crippen LogP contribution in [0.1, 0.15) is 18.1 Å². The van der Waals surface area contributed by atoms with Gasteiger partial charge >= 0.3 is 0 Å². The van der Waals surface area contributed by atoms with E-state index in [1.165, 1.54) is 18.1 Å². The Kier molecular flexibility index (Phi) is 4.57. The minimum Gasteiger partial charge on any atom is -0.344 e. The number of carbonyl (C=O) groups excluding carboxylic acids is 1. The number of nitrogens with one attached hydrogen (secondary N) is 2. The van der Waals surface area contributed by atoms with E-state index in [9.17, 15) is 4.79 Å². The first-order chi connectivity index (χ1) is 11.1. The molecular weight excluding hydrogens is 306 g/mol. The van der Waals surface area contributed by atoms with Crippen LogP contribution in [0.2, 0.25) is 0 Å². The summed E-state index contributed by atoms with van der Waals surface area (Å²) in [4.78, 5) is 13.2. The van der Waals surface area contributed by atoms with Crippen molar-refractivity contribution in [3.63, 3.8) is 0 Å². The van der Waals surface area contributed by atoms with Crippen LogP contribution in [0.5, 0.6) is 0 Å². The van der Waals surface area contributed by atoms with E-state index in [-0.39, 0.29) is 5.91 Å². The Bertz CT molecular complexity index is 727. The van der Waals surface area contributed by atoms with Crippen LogP contribution in [0, 0.1) is 0 Å². The summed E-state index contributed by atoms with van der Waals surface area (Å²) in [6.45, 7) is 3.26. The van der Waals surface area contributed by atoms with Gasteiger partial charge in [-0.05, 0) is 54.0 Å². The van der Waals surface area contributed by atoms with E-state index in [0.717, 1.165) is 36.0 Å². The third-order valence-corrected chi connectivity index (χ3v) is 4.23. The maximum absolute atomic E-state index is 11.0. The molecule has 0 spiro atoms. The van der Waals surface area contributed by atoms with Gasteiger partial charge in [0.15, 0.2) is 5.11 Å². The second-order valence-corrected chi connectivity index (χ2v) is 6.02. The number of carbonyl (C=O) groups is 1. The number of nitrogens with zero attached hydrogens (tertiary/aromatic N) is 1. The molecule has 0 saturated heterocycles. The van der Waals surface area contributed by atoms with E-state index in [1.54, 1.807) is 0 Å². The van der Waals surface area contributed by atoms with Crippen LogP contribution in [0.15, 0.2) is 48.5 Å². The second kappa shape index (κ2) is 6.79. The van der Waals surface area contributed by atoms with Crippen LogP contribution in [0.25, 0.3) is 0 Å². The van der Waals surface area contributed by atoms with Gasteiger partial charge in [0, 0.05) is 31.4 Å². The van der Waals surface area contributed by atoms with Gasteiger partial charge in [0.2, 0.25) is 5.91 Å². The van der Waals surface area contributed by atoms with E-state index in [0.29, 0.717) is 0 Å². The molecule has 5 heteroatoms. The summed E-state index contributed by atoms with van der Waals surface area (Å²) in [6.07, 6.45) is 1.01. The van der Waals surface area contributed by atoms with Gasteiger partial charge in [0.1, 0.15) is 0 Å². The number of amides is 1. The molecular formula is C18H19N3OS. The lowest BCUT2D eigenvalue weighted by atomic mass is 10.0. The normalized spacial score (nSPS) is 13.2. The molecule has 0 aliphatic carbocycles. The fourth-order valence-corrected chi connectivity index (χ4v) is 2.99. The predicted octanol–water partition coefficient (Wildman–Crippen LogP) is 3.40. The summed E-state index contributed by atoms with van der Waals surface area (Å²) in [5, 5.41) is 6.75. The molecule has 0 aromatic heterocycles. The summed E-state index contributed by atoms with van der Waals surface area (Å²) in [7, 11) is 0. The van der Waals surface area contributed by atoms with E-state index in [2.05, 4.69) is 39.8 Å². The van der Waals surface area contributed by atoms with E-state index < -0.39 is 0 Å². The predicted molar refractivity (Wildman–Crippen MR) is 97.5 cm³/mol. The number of anilines is 2. The molecule has 0 atom stereocenters. The zero-order valence-electron chi connectivity index (χ0n) is 13.0. The van der Waals surface area contributed by atoms with Crippen molar-refractivity contribution in [3.05, 3.63) is 59.7 Å². The summed E-state index contributed by atoms with van der Waals surface area (Å²) < 4.78 is 0. The van der Waals surface area contributed by atoms with E-state index >= 15 is 0 Å². The molecule has 0 radical (unpaired) electrons. The van der Waals surface area contributed by atoms with Crippen LogP contribution in [-0.4, -0.2) is 22.5 Å². The van der Waals surface area contributed by atoms with Gasteiger partial charge in [-0.2, -0.15) is 0 Å². The fraction of sp³-hybridized carbons (Fsp3) is 0.222. The van der Waals surface area contributed by atoms with Crippen LogP contribution in [0.3, 0.4) is 0 Å². The number of fused-ring (bicyclic) bond motifs is 1. The molecule has 3 rings (SSSR count). The average Bonchev–Trinajstić information content (AvgIpc) is 2.55. The number of thiocarbonyl (C=S) groups is 1. The summed E-state index contributed by atoms with van der Waals surface area (Å²) in [5.74, 6) is -0.0757. The highest BCUT2D eigenvalue weighted by atomic mass is 32.1. The van der Waals surface area contributed by atoms with Crippen molar-refractivity contribution in [1.82, 2.24) is 4.90 Å². The molecule has 1 heterocycles. The van der Waals surface area contributed by atoms with Crippen LogP contribution < -0.4 is 10.6 Å². The van der Waals surface area contributed by atoms with Crippen molar-refractivity contribution in [2.45, 2.75) is 19.9 Å². The Morgan fingerprint density at radius 3 is 2.26 bits per heavy atom. The second-order valence-electron chi connectivity index (χ2n) is 5.63. The zero-order chi connectivity index (χ0) is 16.2.